The van der Waals surface area contributed by atoms with Crippen molar-refractivity contribution < 1.29 is 28.4 Å². The molecule has 0 aromatic carbocycles. The van der Waals surface area contributed by atoms with E-state index in [1.165, 1.54) is 14.2 Å². The van der Waals surface area contributed by atoms with E-state index in [0.29, 0.717) is 48.3 Å². The Morgan fingerprint density at radius 3 is 1.62 bits per heavy atom. The molecule has 0 unspecified atom stereocenters. The van der Waals surface area contributed by atoms with Gasteiger partial charge in [0.15, 0.2) is 0 Å². The normalized spacial score (nSPS) is 17.8. The largest absolute Gasteiger partial charge is 0.576 e. The summed E-state index contributed by atoms with van der Waals surface area (Å²) in [5.74, 6) is 0.552. The predicted molar refractivity (Wildman–Crippen MR) is 75.1 cm³/mol. The number of ether oxygens (including phenoxy) is 2. The van der Waals surface area contributed by atoms with Crippen LogP contribution >= 0.6 is 0 Å². The maximum Gasteiger partial charge on any atom is 0.576 e. The van der Waals surface area contributed by atoms with E-state index in [1.54, 1.807) is 0 Å². The van der Waals surface area contributed by atoms with Crippen LogP contribution in [0, 0.1) is 0 Å². The Bertz CT molecular complexity index is 450. The highest BCUT2D eigenvalue weighted by Gasteiger charge is 2.25. The smallest absolute Gasteiger partial charge is 0.531 e. The number of methoxy groups -OCH3 is 2. The third-order valence-corrected chi connectivity index (χ3v) is 3.66. The number of esters is 2. The lowest BCUT2D eigenvalue weighted by Gasteiger charge is -2.11. The van der Waals surface area contributed by atoms with Crippen molar-refractivity contribution in [1.29, 1.82) is 0 Å². The monoisotopic (exact) mass is 294 g/mol. The zero-order valence-corrected chi connectivity index (χ0v) is 12.4. The molecule has 0 aliphatic heterocycles. The fourth-order valence-corrected chi connectivity index (χ4v) is 2.60. The van der Waals surface area contributed by atoms with Gasteiger partial charge in [0.05, 0.1) is 36.9 Å². The van der Waals surface area contributed by atoms with Crippen molar-refractivity contribution in [1.82, 2.24) is 0 Å². The van der Waals surface area contributed by atoms with E-state index in [1.807, 2.05) is 0 Å². The second kappa shape index (κ2) is 7.20. The summed E-state index contributed by atoms with van der Waals surface area (Å²) in [7, 11) is 2.70. The van der Waals surface area contributed by atoms with Crippen molar-refractivity contribution in [3.63, 3.8) is 0 Å². The van der Waals surface area contributed by atoms with E-state index < -0.39 is 0 Å². The van der Waals surface area contributed by atoms with E-state index in [2.05, 4.69) is 0 Å². The summed E-state index contributed by atoms with van der Waals surface area (Å²) in [6.07, 6.45) is 4.48. The zero-order valence-electron chi connectivity index (χ0n) is 12.4. The molecule has 0 bridgehead atoms. The van der Waals surface area contributed by atoms with Crippen LogP contribution in [0.25, 0.3) is 0 Å². The van der Waals surface area contributed by atoms with Crippen LogP contribution in [0.5, 0.6) is 0 Å². The first kappa shape index (κ1) is 15.5. The molecular formula is C14H19BO6. The molecule has 7 heteroatoms. The lowest BCUT2D eigenvalue weighted by molar-refractivity contribution is -0.137. The Balaban J connectivity index is 1.92. The molecule has 21 heavy (non-hydrogen) atoms. The van der Waals surface area contributed by atoms with Gasteiger partial charge in [0.2, 0.25) is 0 Å². The number of carbonyl (C=O) groups is 2. The third-order valence-electron chi connectivity index (χ3n) is 3.66. The first-order chi connectivity index (χ1) is 10.2. The maximum absolute atomic E-state index is 11.6. The summed E-state index contributed by atoms with van der Waals surface area (Å²) >= 11 is 0. The minimum atomic E-state index is -0.349. The van der Waals surface area contributed by atoms with Crippen LogP contribution in [-0.4, -0.2) is 33.8 Å². The molecule has 2 rings (SSSR count). The van der Waals surface area contributed by atoms with Gasteiger partial charge in [-0.15, -0.1) is 0 Å². The molecule has 0 aromatic heterocycles. The maximum atomic E-state index is 11.6. The minimum absolute atomic E-state index is 0.00828. The Morgan fingerprint density at radius 2 is 1.24 bits per heavy atom. The summed E-state index contributed by atoms with van der Waals surface area (Å²) in [6.45, 7) is 0. The summed E-state index contributed by atoms with van der Waals surface area (Å²) in [5, 5.41) is 0. The van der Waals surface area contributed by atoms with Crippen molar-refractivity contribution in [3.05, 3.63) is 22.7 Å². The van der Waals surface area contributed by atoms with E-state index in [4.69, 9.17) is 18.8 Å². The van der Waals surface area contributed by atoms with E-state index in [0.717, 1.165) is 12.8 Å². The molecule has 0 N–H and O–H groups in total. The molecule has 0 amide bonds. The second-order valence-electron chi connectivity index (χ2n) is 4.90. The van der Waals surface area contributed by atoms with Crippen molar-refractivity contribution in [2.24, 2.45) is 0 Å². The van der Waals surface area contributed by atoms with Gasteiger partial charge in [-0.05, 0) is 25.7 Å². The molecule has 0 saturated carbocycles. The second-order valence-corrected chi connectivity index (χ2v) is 4.90. The topological polar surface area (TPSA) is 71.1 Å². The Kier molecular flexibility index (Phi) is 5.30. The van der Waals surface area contributed by atoms with Crippen molar-refractivity contribution >= 4 is 19.6 Å². The van der Waals surface area contributed by atoms with Gasteiger partial charge >= 0.3 is 19.6 Å². The van der Waals surface area contributed by atoms with Gasteiger partial charge in [-0.1, -0.05) is 0 Å². The Hall–Kier alpha value is -1.92. The molecule has 2 aliphatic rings. The van der Waals surface area contributed by atoms with Gasteiger partial charge in [0.25, 0.3) is 0 Å². The molecule has 2 aliphatic carbocycles. The highest BCUT2D eigenvalue weighted by atomic mass is 16.6. The van der Waals surface area contributed by atoms with Gasteiger partial charge in [-0.25, -0.2) is 9.59 Å². The Morgan fingerprint density at radius 1 is 0.810 bits per heavy atom. The zero-order chi connectivity index (χ0) is 15.2. The number of rotatable bonds is 6. The molecule has 0 fully saturated rings. The molecule has 0 heterocycles. The fourth-order valence-electron chi connectivity index (χ4n) is 2.60. The standard InChI is InChI=1S/C14H19BO6/c1-18-13(16)9-5-3-7-11(9)20-15-21-12-8-4-6-10(12)14(17)19-2/h15H,3-8H2,1-2H3. The molecule has 0 atom stereocenters. The van der Waals surface area contributed by atoms with E-state index in [9.17, 15) is 9.59 Å². The van der Waals surface area contributed by atoms with Gasteiger partial charge in [0.1, 0.15) is 0 Å². The van der Waals surface area contributed by atoms with Crippen LogP contribution in [0.2, 0.25) is 0 Å². The molecular weight excluding hydrogens is 275 g/mol. The number of carbonyl (C=O) groups excluding carboxylic acids is 2. The Labute approximate surface area is 124 Å². The number of hydrogen-bond donors (Lipinski definition) is 0. The first-order valence-electron chi connectivity index (χ1n) is 7.03. The molecule has 0 saturated heterocycles. The number of hydrogen-bond acceptors (Lipinski definition) is 6. The van der Waals surface area contributed by atoms with Crippen LogP contribution in [0.1, 0.15) is 38.5 Å². The lowest BCUT2D eigenvalue weighted by atomic mass is 10.2. The molecule has 114 valence electrons. The molecule has 0 aromatic rings. The summed E-state index contributed by atoms with van der Waals surface area (Å²) < 4.78 is 20.5. The highest BCUT2D eigenvalue weighted by molar-refractivity contribution is 6.19. The molecule has 6 nitrogen and oxygen atoms in total. The lowest BCUT2D eigenvalue weighted by Crippen LogP contribution is -2.11. The SMILES string of the molecule is COC(=O)C1=C(OBOC2=C(C(=O)OC)CCC2)CCC1. The average Bonchev–Trinajstić information content (AvgIpc) is 3.15. The average molecular weight is 294 g/mol. The number of allylic oxidation sites excluding steroid dienone is 2. The van der Waals surface area contributed by atoms with Crippen molar-refractivity contribution in [2.75, 3.05) is 14.2 Å². The van der Waals surface area contributed by atoms with Crippen LogP contribution in [-0.2, 0) is 28.4 Å². The summed E-state index contributed by atoms with van der Waals surface area (Å²) in [5.41, 5.74) is 1.16. The predicted octanol–water partition coefficient (Wildman–Crippen LogP) is 1.51. The van der Waals surface area contributed by atoms with Crippen LogP contribution in [0.4, 0.5) is 0 Å². The van der Waals surface area contributed by atoms with Gasteiger partial charge in [-0.3, -0.25) is 0 Å². The van der Waals surface area contributed by atoms with Crippen molar-refractivity contribution in [2.45, 2.75) is 38.5 Å². The summed E-state index contributed by atoms with van der Waals surface area (Å²) in [4.78, 5) is 23.1. The van der Waals surface area contributed by atoms with Gasteiger partial charge < -0.3 is 18.8 Å². The van der Waals surface area contributed by atoms with Crippen LogP contribution < -0.4 is 0 Å². The van der Waals surface area contributed by atoms with Crippen molar-refractivity contribution in [3.8, 4) is 0 Å². The minimum Gasteiger partial charge on any atom is -0.531 e. The molecule has 0 radical (unpaired) electrons. The van der Waals surface area contributed by atoms with Gasteiger partial charge in [0, 0.05) is 12.8 Å². The first-order valence-corrected chi connectivity index (χ1v) is 7.03. The quantitative estimate of drug-likeness (QED) is 0.546. The summed E-state index contributed by atoms with van der Waals surface area (Å²) in [6, 6.07) is 0. The van der Waals surface area contributed by atoms with Crippen LogP contribution in [0.3, 0.4) is 0 Å². The van der Waals surface area contributed by atoms with Crippen LogP contribution in [0.15, 0.2) is 22.7 Å². The fraction of sp³-hybridized carbons (Fsp3) is 0.571. The third kappa shape index (κ3) is 3.59. The van der Waals surface area contributed by atoms with E-state index >= 15 is 0 Å². The van der Waals surface area contributed by atoms with Gasteiger partial charge in [-0.2, -0.15) is 0 Å². The molecule has 0 spiro atoms. The van der Waals surface area contributed by atoms with E-state index in [-0.39, 0.29) is 19.6 Å². The highest BCUT2D eigenvalue weighted by Crippen LogP contribution is 2.29.